The number of nitrogens with zero attached hydrogens (tertiary/aromatic N) is 2. The number of rotatable bonds is 2. The lowest BCUT2D eigenvalue weighted by molar-refractivity contribution is 0.621. The van der Waals surface area contributed by atoms with E-state index in [9.17, 15) is 0 Å². The highest BCUT2D eigenvalue weighted by molar-refractivity contribution is 6.31. The Balaban J connectivity index is 1.91. The van der Waals surface area contributed by atoms with E-state index in [1.54, 1.807) is 0 Å². The molecular weight excluding hydrogens is 270 g/mol. The van der Waals surface area contributed by atoms with Gasteiger partial charge in [-0.1, -0.05) is 17.7 Å². The van der Waals surface area contributed by atoms with E-state index in [4.69, 9.17) is 16.7 Å². The lowest BCUT2D eigenvalue weighted by Crippen LogP contribution is -2.25. The molecule has 1 aliphatic heterocycles. The van der Waals surface area contributed by atoms with Gasteiger partial charge in [0.2, 0.25) is 0 Å². The fraction of sp³-hybridized carbons (Fsp3) is 0.438. The number of benzene rings is 1. The normalized spacial score (nSPS) is 18.1. The maximum Gasteiger partial charge on any atom is 0.0707 e. The second-order valence-electron chi connectivity index (χ2n) is 5.81. The highest BCUT2D eigenvalue weighted by Crippen LogP contribution is 2.42. The summed E-state index contributed by atoms with van der Waals surface area (Å²) in [7, 11) is 0. The summed E-state index contributed by atoms with van der Waals surface area (Å²) in [6, 6.07) is 6.07. The third kappa shape index (κ3) is 1.88. The Morgan fingerprint density at radius 2 is 2.20 bits per heavy atom. The van der Waals surface area contributed by atoms with Gasteiger partial charge in [0.15, 0.2) is 0 Å². The van der Waals surface area contributed by atoms with Crippen LogP contribution in [0.15, 0.2) is 18.2 Å². The lowest BCUT2D eigenvalue weighted by Gasteiger charge is -2.17. The molecule has 0 atom stereocenters. The minimum Gasteiger partial charge on any atom is -0.312 e. The van der Waals surface area contributed by atoms with Crippen molar-refractivity contribution in [1.82, 2.24) is 15.1 Å². The highest BCUT2D eigenvalue weighted by atomic mass is 35.5. The average Bonchev–Trinajstić information content (AvgIpc) is 3.24. The number of aromatic nitrogens is 2. The fourth-order valence-corrected chi connectivity index (χ4v) is 3.25. The van der Waals surface area contributed by atoms with Crippen LogP contribution in [0, 0.1) is 6.92 Å². The molecule has 0 radical (unpaired) electrons. The first-order valence-electron chi connectivity index (χ1n) is 7.32. The molecule has 1 aromatic heterocycles. The van der Waals surface area contributed by atoms with E-state index in [1.807, 2.05) is 12.1 Å². The number of halogens is 1. The molecular formula is C16H18ClN3. The van der Waals surface area contributed by atoms with Gasteiger partial charge < -0.3 is 5.32 Å². The smallest absolute Gasteiger partial charge is 0.0707 e. The Labute approximate surface area is 123 Å². The van der Waals surface area contributed by atoms with Gasteiger partial charge in [0.1, 0.15) is 0 Å². The predicted octanol–water partition coefficient (Wildman–Crippen LogP) is 3.36. The van der Waals surface area contributed by atoms with Crippen LogP contribution in [0.5, 0.6) is 0 Å². The third-order valence-electron chi connectivity index (χ3n) is 4.39. The van der Waals surface area contributed by atoms with Gasteiger partial charge in [0.25, 0.3) is 0 Å². The Morgan fingerprint density at radius 1 is 1.35 bits per heavy atom. The summed E-state index contributed by atoms with van der Waals surface area (Å²) in [5, 5.41) is 9.23. The number of hydrogen-bond donors (Lipinski definition) is 1. The van der Waals surface area contributed by atoms with Gasteiger partial charge >= 0.3 is 0 Å². The average molecular weight is 288 g/mol. The van der Waals surface area contributed by atoms with E-state index in [2.05, 4.69) is 23.0 Å². The molecule has 4 heteroatoms. The number of nitrogens with one attached hydrogen (secondary N) is 1. The monoisotopic (exact) mass is 287 g/mol. The Kier molecular flexibility index (Phi) is 2.86. The number of hydrogen-bond acceptors (Lipinski definition) is 2. The van der Waals surface area contributed by atoms with Crippen molar-refractivity contribution in [3.63, 3.8) is 0 Å². The first-order chi connectivity index (χ1) is 9.75. The molecule has 20 heavy (non-hydrogen) atoms. The summed E-state index contributed by atoms with van der Waals surface area (Å²) in [6.07, 6.45) is 3.62. The minimum atomic E-state index is 0.685. The molecule has 1 N–H and O–H groups in total. The largest absolute Gasteiger partial charge is 0.312 e. The maximum absolute atomic E-state index is 6.28. The Bertz CT molecular complexity index is 671. The molecule has 1 saturated carbocycles. The first kappa shape index (κ1) is 12.4. The van der Waals surface area contributed by atoms with Gasteiger partial charge in [-0.15, -0.1) is 0 Å². The molecule has 1 aromatic carbocycles. The van der Waals surface area contributed by atoms with Gasteiger partial charge in [-0.05, 0) is 37.5 Å². The summed E-state index contributed by atoms with van der Waals surface area (Å²) in [4.78, 5) is 0. The molecule has 2 aliphatic rings. The molecule has 0 amide bonds. The van der Waals surface area contributed by atoms with E-state index in [1.165, 1.54) is 29.8 Å². The highest BCUT2D eigenvalue weighted by Gasteiger charge is 2.32. The molecule has 2 aromatic rings. The van der Waals surface area contributed by atoms with Crippen molar-refractivity contribution in [3.05, 3.63) is 45.7 Å². The van der Waals surface area contributed by atoms with E-state index < -0.39 is 0 Å². The van der Waals surface area contributed by atoms with Crippen molar-refractivity contribution in [2.24, 2.45) is 0 Å². The van der Waals surface area contributed by atoms with Crippen LogP contribution in [0.3, 0.4) is 0 Å². The molecule has 0 unspecified atom stereocenters. The minimum absolute atomic E-state index is 0.685. The van der Waals surface area contributed by atoms with Gasteiger partial charge in [-0.3, -0.25) is 0 Å². The van der Waals surface area contributed by atoms with E-state index in [-0.39, 0.29) is 0 Å². The van der Waals surface area contributed by atoms with Crippen molar-refractivity contribution in [2.45, 2.75) is 38.6 Å². The summed E-state index contributed by atoms with van der Waals surface area (Å²) in [5.74, 6) is 0.685. The van der Waals surface area contributed by atoms with Crippen molar-refractivity contribution in [1.29, 1.82) is 0 Å². The van der Waals surface area contributed by atoms with E-state index in [0.717, 1.165) is 35.8 Å². The van der Waals surface area contributed by atoms with Gasteiger partial charge in [-0.25, -0.2) is 4.68 Å². The molecule has 4 rings (SSSR count). The molecule has 0 spiro atoms. The Hall–Kier alpha value is -1.32. The second-order valence-corrected chi connectivity index (χ2v) is 6.21. The van der Waals surface area contributed by atoms with Crippen LogP contribution in [0.4, 0.5) is 0 Å². The standard InChI is InChI=1S/C16H18ClN3/c1-10-13(17)3-2-4-14(10)20-15-7-8-18-9-12(15)16(19-20)11-5-6-11/h2-4,11,18H,5-9H2,1H3. The molecule has 1 aliphatic carbocycles. The van der Waals surface area contributed by atoms with Crippen LogP contribution in [-0.2, 0) is 13.0 Å². The predicted molar refractivity (Wildman–Crippen MR) is 80.7 cm³/mol. The molecule has 2 heterocycles. The molecule has 3 nitrogen and oxygen atoms in total. The lowest BCUT2D eigenvalue weighted by atomic mass is 10.0. The molecule has 1 fully saturated rings. The first-order valence-corrected chi connectivity index (χ1v) is 7.70. The molecule has 104 valence electrons. The summed E-state index contributed by atoms with van der Waals surface area (Å²) < 4.78 is 2.14. The zero-order chi connectivity index (χ0) is 13.7. The van der Waals surface area contributed by atoms with Gasteiger partial charge in [0.05, 0.1) is 17.1 Å². The molecule has 0 bridgehead atoms. The summed E-state index contributed by atoms with van der Waals surface area (Å²) in [6.45, 7) is 4.06. The zero-order valence-electron chi connectivity index (χ0n) is 11.6. The van der Waals surface area contributed by atoms with Gasteiger partial charge in [-0.2, -0.15) is 5.10 Å². The van der Waals surface area contributed by atoms with Crippen molar-refractivity contribution in [2.75, 3.05) is 6.54 Å². The summed E-state index contributed by atoms with van der Waals surface area (Å²) in [5.41, 5.74) is 6.35. The van der Waals surface area contributed by atoms with Crippen LogP contribution in [-0.4, -0.2) is 16.3 Å². The quantitative estimate of drug-likeness (QED) is 0.918. The van der Waals surface area contributed by atoms with Crippen molar-refractivity contribution in [3.8, 4) is 5.69 Å². The SMILES string of the molecule is Cc1c(Cl)cccc1-n1nc(C2CC2)c2c1CCNC2. The maximum atomic E-state index is 6.28. The Morgan fingerprint density at radius 3 is 3.00 bits per heavy atom. The van der Waals surface area contributed by atoms with E-state index >= 15 is 0 Å². The zero-order valence-corrected chi connectivity index (χ0v) is 12.4. The number of fused-ring (bicyclic) bond motifs is 1. The summed E-state index contributed by atoms with van der Waals surface area (Å²) >= 11 is 6.28. The van der Waals surface area contributed by atoms with Crippen LogP contribution >= 0.6 is 11.6 Å². The van der Waals surface area contributed by atoms with Gasteiger partial charge in [0, 0.05) is 36.0 Å². The van der Waals surface area contributed by atoms with Crippen LogP contribution in [0.1, 0.15) is 41.3 Å². The third-order valence-corrected chi connectivity index (χ3v) is 4.80. The van der Waals surface area contributed by atoms with Crippen molar-refractivity contribution >= 4 is 11.6 Å². The second kappa shape index (κ2) is 4.61. The van der Waals surface area contributed by atoms with E-state index in [0.29, 0.717) is 5.92 Å². The van der Waals surface area contributed by atoms with Crippen LogP contribution in [0.25, 0.3) is 5.69 Å². The van der Waals surface area contributed by atoms with Crippen molar-refractivity contribution < 1.29 is 0 Å². The fourth-order valence-electron chi connectivity index (χ4n) is 3.08. The molecule has 0 saturated heterocycles. The topological polar surface area (TPSA) is 29.9 Å². The van der Waals surface area contributed by atoms with Crippen LogP contribution in [0.2, 0.25) is 5.02 Å². The van der Waals surface area contributed by atoms with Crippen LogP contribution < -0.4 is 5.32 Å².